The SMILES string of the molecule is CC=CC=CC(=O)Nc1ccccc1N1CCCCC1. The van der Waals surface area contributed by atoms with E-state index in [0.29, 0.717) is 0 Å². The van der Waals surface area contributed by atoms with Crippen LogP contribution in [0.2, 0.25) is 0 Å². The zero-order valence-corrected chi connectivity index (χ0v) is 12.0. The topological polar surface area (TPSA) is 32.3 Å². The van der Waals surface area contributed by atoms with Crippen molar-refractivity contribution < 1.29 is 4.79 Å². The smallest absolute Gasteiger partial charge is 0.248 e. The second-order valence-corrected chi connectivity index (χ2v) is 4.94. The lowest BCUT2D eigenvalue weighted by Crippen LogP contribution is -2.30. The maximum Gasteiger partial charge on any atom is 0.248 e. The van der Waals surface area contributed by atoms with Crippen molar-refractivity contribution >= 4 is 17.3 Å². The molecule has 0 bridgehead atoms. The fourth-order valence-electron chi connectivity index (χ4n) is 2.42. The Kier molecular flexibility index (Phi) is 5.42. The van der Waals surface area contributed by atoms with Crippen LogP contribution in [0.1, 0.15) is 26.2 Å². The highest BCUT2D eigenvalue weighted by molar-refractivity contribution is 6.01. The van der Waals surface area contributed by atoms with Crippen LogP contribution in [-0.2, 0) is 4.79 Å². The van der Waals surface area contributed by atoms with Gasteiger partial charge in [0.2, 0.25) is 5.91 Å². The highest BCUT2D eigenvalue weighted by Gasteiger charge is 2.14. The van der Waals surface area contributed by atoms with Gasteiger partial charge in [0.25, 0.3) is 0 Å². The number of carbonyl (C=O) groups excluding carboxylic acids is 1. The van der Waals surface area contributed by atoms with Crippen LogP contribution < -0.4 is 10.2 Å². The number of hydrogen-bond acceptors (Lipinski definition) is 2. The summed E-state index contributed by atoms with van der Waals surface area (Å²) in [5.41, 5.74) is 2.02. The van der Waals surface area contributed by atoms with Crippen LogP contribution in [0.25, 0.3) is 0 Å². The molecular weight excluding hydrogens is 248 g/mol. The van der Waals surface area contributed by atoms with E-state index in [0.717, 1.165) is 24.5 Å². The predicted molar refractivity (Wildman–Crippen MR) is 85.1 cm³/mol. The summed E-state index contributed by atoms with van der Waals surface area (Å²) in [4.78, 5) is 14.2. The predicted octanol–water partition coefficient (Wildman–Crippen LogP) is 3.75. The number of benzene rings is 1. The van der Waals surface area contributed by atoms with Crippen molar-refractivity contribution in [3.63, 3.8) is 0 Å². The van der Waals surface area contributed by atoms with Crippen LogP contribution in [0.5, 0.6) is 0 Å². The molecule has 1 saturated heterocycles. The zero-order valence-electron chi connectivity index (χ0n) is 12.0. The first-order chi connectivity index (χ1) is 9.81. The van der Waals surface area contributed by atoms with Crippen molar-refractivity contribution in [2.24, 2.45) is 0 Å². The van der Waals surface area contributed by atoms with E-state index >= 15 is 0 Å². The molecule has 3 nitrogen and oxygen atoms in total. The molecule has 0 spiro atoms. The molecule has 2 rings (SSSR count). The van der Waals surface area contributed by atoms with Gasteiger partial charge in [0.15, 0.2) is 0 Å². The van der Waals surface area contributed by atoms with E-state index in [1.54, 1.807) is 12.2 Å². The molecule has 0 saturated carbocycles. The molecular formula is C17H22N2O. The van der Waals surface area contributed by atoms with Crippen LogP contribution in [-0.4, -0.2) is 19.0 Å². The lowest BCUT2D eigenvalue weighted by atomic mass is 10.1. The first-order valence-corrected chi connectivity index (χ1v) is 7.25. The van der Waals surface area contributed by atoms with Gasteiger partial charge in [-0.25, -0.2) is 0 Å². The molecule has 1 aromatic carbocycles. The number of anilines is 2. The number of carbonyl (C=O) groups is 1. The van der Waals surface area contributed by atoms with E-state index in [4.69, 9.17) is 0 Å². The molecule has 0 atom stereocenters. The molecule has 1 fully saturated rings. The lowest BCUT2D eigenvalue weighted by Gasteiger charge is -2.30. The van der Waals surface area contributed by atoms with E-state index in [1.165, 1.54) is 19.3 Å². The Morgan fingerprint density at radius 3 is 2.65 bits per heavy atom. The number of amides is 1. The van der Waals surface area contributed by atoms with Crippen molar-refractivity contribution in [2.45, 2.75) is 26.2 Å². The fraction of sp³-hybridized carbons (Fsp3) is 0.353. The van der Waals surface area contributed by atoms with Gasteiger partial charge in [-0.1, -0.05) is 30.4 Å². The quantitative estimate of drug-likeness (QED) is 0.667. The maximum absolute atomic E-state index is 11.9. The molecule has 1 aliphatic heterocycles. The Hall–Kier alpha value is -2.03. The molecule has 1 amide bonds. The van der Waals surface area contributed by atoms with Gasteiger partial charge in [0.05, 0.1) is 11.4 Å². The molecule has 1 heterocycles. The average molecular weight is 270 g/mol. The summed E-state index contributed by atoms with van der Waals surface area (Å²) in [5, 5.41) is 2.97. The van der Waals surface area contributed by atoms with E-state index < -0.39 is 0 Å². The largest absolute Gasteiger partial charge is 0.370 e. The normalized spacial score (nSPS) is 15.9. The Morgan fingerprint density at radius 2 is 1.90 bits per heavy atom. The minimum Gasteiger partial charge on any atom is -0.370 e. The van der Waals surface area contributed by atoms with Crippen LogP contribution in [0.15, 0.2) is 48.6 Å². The van der Waals surface area contributed by atoms with Crippen LogP contribution in [0.3, 0.4) is 0 Å². The first-order valence-electron chi connectivity index (χ1n) is 7.25. The number of rotatable bonds is 4. The number of para-hydroxylation sites is 2. The Balaban J connectivity index is 2.09. The average Bonchev–Trinajstić information content (AvgIpc) is 2.49. The lowest BCUT2D eigenvalue weighted by molar-refractivity contribution is -0.111. The molecule has 0 radical (unpaired) electrons. The summed E-state index contributed by atoms with van der Waals surface area (Å²) in [6, 6.07) is 8.02. The minimum atomic E-state index is -0.0902. The van der Waals surface area contributed by atoms with Gasteiger partial charge in [-0.05, 0) is 38.3 Å². The summed E-state index contributed by atoms with van der Waals surface area (Å²) < 4.78 is 0. The number of nitrogens with zero attached hydrogens (tertiary/aromatic N) is 1. The Bertz CT molecular complexity index is 499. The maximum atomic E-state index is 11.9. The van der Waals surface area contributed by atoms with Crippen molar-refractivity contribution in [1.29, 1.82) is 0 Å². The van der Waals surface area contributed by atoms with Gasteiger partial charge in [-0.3, -0.25) is 4.79 Å². The van der Waals surface area contributed by atoms with Crippen LogP contribution in [0.4, 0.5) is 11.4 Å². The molecule has 1 N–H and O–H groups in total. The Morgan fingerprint density at radius 1 is 1.15 bits per heavy atom. The van der Waals surface area contributed by atoms with Gasteiger partial charge in [-0.2, -0.15) is 0 Å². The summed E-state index contributed by atoms with van der Waals surface area (Å²) >= 11 is 0. The van der Waals surface area contributed by atoms with Gasteiger partial charge in [0, 0.05) is 19.2 Å². The van der Waals surface area contributed by atoms with Gasteiger partial charge in [-0.15, -0.1) is 0 Å². The number of piperidine rings is 1. The second-order valence-electron chi connectivity index (χ2n) is 4.94. The third-order valence-electron chi connectivity index (χ3n) is 3.41. The van der Waals surface area contributed by atoms with Crippen LogP contribution >= 0.6 is 0 Å². The molecule has 0 aromatic heterocycles. The third-order valence-corrected chi connectivity index (χ3v) is 3.41. The van der Waals surface area contributed by atoms with Crippen LogP contribution in [0, 0.1) is 0 Å². The van der Waals surface area contributed by atoms with Gasteiger partial charge < -0.3 is 10.2 Å². The van der Waals surface area contributed by atoms with Gasteiger partial charge in [0.1, 0.15) is 0 Å². The van der Waals surface area contributed by atoms with E-state index in [1.807, 2.05) is 37.3 Å². The first kappa shape index (κ1) is 14.4. The summed E-state index contributed by atoms with van der Waals surface area (Å²) in [6.07, 6.45) is 10.8. The monoisotopic (exact) mass is 270 g/mol. The third kappa shape index (κ3) is 3.98. The van der Waals surface area contributed by atoms with Crippen molar-refractivity contribution in [3.05, 3.63) is 48.6 Å². The molecule has 0 aliphatic carbocycles. The fourth-order valence-corrected chi connectivity index (χ4v) is 2.42. The van der Waals surface area contributed by atoms with Crippen molar-refractivity contribution in [2.75, 3.05) is 23.3 Å². The summed E-state index contributed by atoms with van der Waals surface area (Å²) in [5.74, 6) is -0.0902. The number of nitrogens with one attached hydrogen (secondary N) is 1. The van der Waals surface area contributed by atoms with Gasteiger partial charge >= 0.3 is 0 Å². The highest BCUT2D eigenvalue weighted by Crippen LogP contribution is 2.28. The molecule has 3 heteroatoms. The van der Waals surface area contributed by atoms with E-state index in [2.05, 4.69) is 16.3 Å². The van der Waals surface area contributed by atoms with E-state index in [-0.39, 0.29) is 5.91 Å². The highest BCUT2D eigenvalue weighted by atomic mass is 16.1. The Labute approximate surface area is 121 Å². The standard InChI is InChI=1S/C17H22N2O/c1-2-3-5-12-17(20)18-15-10-6-7-11-16(15)19-13-8-4-9-14-19/h2-3,5-7,10-12H,4,8-9,13-14H2,1H3,(H,18,20). The van der Waals surface area contributed by atoms with Crippen molar-refractivity contribution in [1.82, 2.24) is 0 Å². The number of hydrogen-bond donors (Lipinski definition) is 1. The molecule has 106 valence electrons. The van der Waals surface area contributed by atoms with E-state index in [9.17, 15) is 4.79 Å². The summed E-state index contributed by atoms with van der Waals surface area (Å²) in [6.45, 7) is 4.07. The minimum absolute atomic E-state index is 0.0902. The summed E-state index contributed by atoms with van der Waals surface area (Å²) in [7, 11) is 0. The second kappa shape index (κ2) is 7.53. The molecule has 1 aliphatic rings. The zero-order chi connectivity index (χ0) is 14.2. The number of allylic oxidation sites excluding steroid dienone is 3. The van der Waals surface area contributed by atoms with Crippen molar-refractivity contribution in [3.8, 4) is 0 Å². The molecule has 1 aromatic rings. The molecule has 20 heavy (non-hydrogen) atoms. The molecule has 0 unspecified atom stereocenters.